The summed E-state index contributed by atoms with van der Waals surface area (Å²) in [7, 11) is 0. The van der Waals surface area contributed by atoms with Crippen LogP contribution in [0.25, 0.3) is 0 Å². The van der Waals surface area contributed by atoms with E-state index < -0.39 is 5.60 Å². The van der Waals surface area contributed by atoms with E-state index >= 15 is 0 Å². The maximum atomic E-state index is 12.9. The summed E-state index contributed by atoms with van der Waals surface area (Å²) in [5.74, 6) is 0.641. The Hall–Kier alpha value is -1.39. The number of hydrogen-bond acceptors (Lipinski definition) is 3. The van der Waals surface area contributed by atoms with Gasteiger partial charge in [0.05, 0.1) is 19.3 Å². The lowest BCUT2D eigenvalue weighted by molar-refractivity contribution is -0.178. The number of hydrogen-bond donors (Lipinski definition) is 0. The fourth-order valence-corrected chi connectivity index (χ4v) is 3.69. The molecule has 1 saturated heterocycles. The third kappa shape index (κ3) is 3.98. The van der Waals surface area contributed by atoms with Crippen LogP contribution in [-0.4, -0.2) is 42.2 Å². The highest BCUT2D eigenvalue weighted by Gasteiger charge is 2.49. The Morgan fingerprint density at radius 1 is 1.29 bits per heavy atom. The number of rotatable bonds is 7. The van der Waals surface area contributed by atoms with Crippen molar-refractivity contribution in [2.75, 3.05) is 19.7 Å². The van der Waals surface area contributed by atoms with Crippen molar-refractivity contribution in [3.63, 3.8) is 0 Å². The van der Waals surface area contributed by atoms with Crippen molar-refractivity contribution in [1.29, 1.82) is 0 Å². The molecule has 0 aromatic heterocycles. The van der Waals surface area contributed by atoms with E-state index in [-0.39, 0.29) is 12.0 Å². The fraction of sp³-hybridized carbons (Fsp3) is 0.650. The SMILES string of the molecule is CC(C)OC1(C(=O)N2CCC(COCc3ccccc3)C2)CCC1. The first-order valence-corrected chi connectivity index (χ1v) is 9.18. The average molecular weight is 331 g/mol. The van der Waals surface area contributed by atoms with Gasteiger partial charge >= 0.3 is 0 Å². The molecule has 0 spiro atoms. The number of likely N-dealkylation sites (tertiary alicyclic amines) is 1. The molecule has 1 aromatic carbocycles. The summed E-state index contributed by atoms with van der Waals surface area (Å²) in [5.41, 5.74) is 0.663. The number of carbonyl (C=O) groups excluding carboxylic acids is 1. The lowest BCUT2D eigenvalue weighted by atomic mass is 9.78. The van der Waals surface area contributed by atoms with Crippen molar-refractivity contribution in [2.45, 2.75) is 57.8 Å². The Morgan fingerprint density at radius 2 is 2.04 bits per heavy atom. The third-order valence-corrected chi connectivity index (χ3v) is 5.05. The normalized spacial score (nSPS) is 22.6. The van der Waals surface area contributed by atoms with Crippen LogP contribution in [-0.2, 0) is 20.9 Å². The van der Waals surface area contributed by atoms with Crippen molar-refractivity contribution >= 4 is 5.91 Å². The van der Waals surface area contributed by atoms with E-state index in [2.05, 4.69) is 12.1 Å². The Bertz CT molecular complexity index is 539. The van der Waals surface area contributed by atoms with Crippen molar-refractivity contribution in [2.24, 2.45) is 5.92 Å². The van der Waals surface area contributed by atoms with Crippen molar-refractivity contribution < 1.29 is 14.3 Å². The van der Waals surface area contributed by atoms with Gasteiger partial charge in [-0.05, 0) is 45.1 Å². The molecule has 1 amide bonds. The van der Waals surface area contributed by atoms with Crippen molar-refractivity contribution in [1.82, 2.24) is 4.90 Å². The monoisotopic (exact) mass is 331 g/mol. The molecule has 1 heterocycles. The molecular weight excluding hydrogens is 302 g/mol. The average Bonchev–Trinajstić information content (AvgIpc) is 3.00. The molecule has 1 aromatic rings. The highest BCUT2D eigenvalue weighted by atomic mass is 16.5. The minimum atomic E-state index is -0.534. The van der Waals surface area contributed by atoms with Gasteiger partial charge in [0, 0.05) is 19.0 Å². The van der Waals surface area contributed by atoms with E-state index in [1.54, 1.807) is 0 Å². The summed E-state index contributed by atoms with van der Waals surface area (Å²) in [6.45, 7) is 7.02. The van der Waals surface area contributed by atoms with Gasteiger partial charge in [-0.1, -0.05) is 30.3 Å². The maximum Gasteiger partial charge on any atom is 0.254 e. The van der Waals surface area contributed by atoms with Crippen molar-refractivity contribution in [3.8, 4) is 0 Å². The summed E-state index contributed by atoms with van der Waals surface area (Å²) in [6, 6.07) is 10.2. The molecule has 1 atom stereocenters. The second-order valence-electron chi connectivity index (χ2n) is 7.42. The number of nitrogens with zero attached hydrogens (tertiary/aromatic N) is 1. The van der Waals surface area contributed by atoms with E-state index in [4.69, 9.17) is 9.47 Å². The highest BCUT2D eigenvalue weighted by molar-refractivity contribution is 5.86. The van der Waals surface area contributed by atoms with Gasteiger partial charge in [-0.15, -0.1) is 0 Å². The second-order valence-corrected chi connectivity index (χ2v) is 7.42. The van der Waals surface area contributed by atoms with Crippen LogP contribution in [0, 0.1) is 5.92 Å². The molecule has 0 N–H and O–H groups in total. The zero-order valence-corrected chi connectivity index (χ0v) is 14.9. The van der Waals surface area contributed by atoms with Gasteiger partial charge in [0.25, 0.3) is 5.91 Å². The summed E-state index contributed by atoms with van der Waals surface area (Å²) >= 11 is 0. The van der Waals surface area contributed by atoms with Gasteiger partial charge in [0.2, 0.25) is 0 Å². The summed E-state index contributed by atoms with van der Waals surface area (Å²) in [4.78, 5) is 14.9. The van der Waals surface area contributed by atoms with Gasteiger partial charge in [0.1, 0.15) is 5.60 Å². The number of ether oxygens (including phenoxy) is 2. The van der Waals surface area contributed by atoms with Gasteiger partial charge in [0.15, 0.2) is 0 Å². The van der Waals surface area contributed by atoms with Crippen LogP contribution >= 0.6 is 0 Å². The van der Waals surface area contributed by atoms with Crippen LogP contribution in [0.4, 0.5) is 0 Å². The molecule has 3 rings (SSSR count). The van der Waals surface area contributed by atoms with Crippen molar-refractivity contribution in [3.05, 3.63) is 35.9 Å². The molecule has 2 fully saturated rings. The van der Waals surface area contributed by atoms with Crippen LogP contribution in [0.3, 0.4) is 0 Å². The van der Waals surface area contributed by atoms with Crippen LogP contribution < -0.4 is 0 Å². The predicted molar refractivity (Wildman–Crippen MR) is 93.6 cm³/mol. The van der Waals surface area contributed by atoms with Gasteiger partial charge < -0.3 is 14.4 Å². The predicted octanol–water partition coefficient (Wildman–Crippen LogP) is 3.40. The number of carbonyl (C=O) groups is 1. The summed E-state index contributed by atoms with van der Waals surface area (Å²) in [5, 5.41) is 0. The van der Waals surface area contributed by atoms with E-state index in [0.717, 1.165) is 45.4 Å². The summed E-state index contributed by atoms with van der Waals surface area (Å²) < 4.78 is 11.9. The van der Waals surface area contributed by atoms with Crippen LogP contribution in [0.1, 0.15) is 45.1 Å². The smallest absolute Gasteiger partial charge is 0.254 e. The van der Waals surface area contributed by atoms with Gasteiger partial charge in [-0.2, -0.15) is 0 Å². The molecule has 24 heavy (non-hydrogen) atoms. The molecule has 4 heteroatoms. The molecule has 2 aliphatic rings. The van der Waals surface area contributed by atoms with Gasteiger partial charge in [-0.25, -0.2) is 0 Å². The zero-order chi connectivity index (χ0) is 17.0. The van der Waals surface area contributed by atoms with E-state index in [9.17, 15) is 4.79 Å². The molecule has 0 radical (unpaired) electrons. The Labute approximate surface area is 145 Å². The van der Waals surface area contributed by atoms with E-state index in [1.807, 2.05) is 36.9 Å². The van der Waals surface area contributed by atoms with Crippen LogP contribution in [0.2, 0.25) is 0 Å². The molecule has 4 nitrogen and oxygen atoms in total. The highest BCUT2D eigenvalue weighted by Crippen LogP contribution is 2.39. The second kappa shape index (κ2) is 7.66. The zero-order valence-electron chi connectivity index (χ0n) is 14.9. The standard InChI is InChI=1S/C20H29NO3/c1-16(2)24-20(10-6-11-20)19(22)21-12-9-18(13-21)15-23-14-17-7-4-3-5-8-17/h3-5,7-8,16,18H,6,9-15H2,1-2H3. The van der Waals surface area contributed by atoms with Crippen LogP contribution in [0.5, 0.6) is 0 Å². The first-order chi connectivity index (χ1) is 11.6. The Morgan fingerprint density at radius 3 is 2.67 bits per heavy atom. The lowest BCUT2D eigenvalue weighted by Crippen LogP contribution is -2.55. The molecule has 0 bridgehead atoms. The maximum absolute atomic E-state index is 12.9. The summed E-state index contributed by atoms with van der Waals surface area (Å²) in [6.07, 6.45) is 3.96. The third-order valence-electron chi connectivity index (χ3n) is 5.05. The minimum absolute atomic E-state index is 0.0989. The Kier molecular flexibility index (Phi) is 5.57. The molecular formula is C20H29NO3. The molecule has 1 unspecified atom stereocenters. The quantitative estimate of drug-likeness (QED) is 0.769. The first-order valence-electron chi connectivity index (χ1n) is 9.18. The van der Waals surface area contributed by atoms with Crippen LogP contribution in [0.15, 0.2) is 30.3 Å². The van der Waals surface area contributed by atoms with E-state index in [0.29, 0.717) is 12.5 Å². The lowest BCUT2D eigenvalue weighted by Gasteiger charge is -2.43. The molecule has 1 aliphatic heterocycles. The first kappa shape index (κ1) is 17.4. The molecule has 1 saturated carbocycles. The molecule has 1 aliphatic carbocycles. The minimum Gasteiger partial charge on any atom is -0.376 e. The van der Waals surface area contributed by atoms with Gasteiger partial charge in [-0.3, -0.25) is 4.79 Å². The molecule has 132 valence electrons. The topological polar surface area (TPSA) is 38.8 Å². The van der Waals surface area contributed by atoms with E-state index in [1.165, 1.54) is 5.56 Å². The number of benzene rings is 1. The Balaban J connectivity index is 1.45. The fourth-order valence-electron chi connectivity index (χ4n) is 3.69. The largest absolute Gasteiger partial charge is 0.376 e. The number of amides is 1.